The van der Waals surface area contributed by atoms with E-state index in [4.69, 9.17) is 4.74 Å². The zero-order chi connectivity index (χ0) is 16.2. The molecule has 1 aromatic carbocycles. The molecule has 1 aromatic rings. The van der Waals surface area contributed by atoms with Gasteiger partial charge >= 0.3 is 11.9 Å². The van der Waals surface area contributed by atoms with Gasteiger partial charge in [-0.15, -0.1) is 0 Å². The summed E-state index contributed by atoms with van der Waals surface area (Å²) in [5.41, 5.74) is -1.84. The lowest BCUT2D eigenvalue weighted by atomic mass is 9.83. The average Bonchev–Trinajstić information content (AvgIpc) is 2.45. The number of carboxylic acids is 1. The highest BCUT2D eigenvalue weighted by atomic mass is 16.6. The van der Waals surface area contributed by atoms with Crippen LogP contribution in [0.4, 0.5) is 5.69 Å². The van der Waals surface area contributed by atoms with Gasteiger partial charge < -0.3 is 14.6 Å². The number of nitrogens with zero attached hydrogens (tertiary/aromatic N) is 1. The van der Waals surface area contributed by atoms with E-state index >= 15 is 0 Å². The zero-order valence-electron chi connectivity index (χ0n) is 11.8. The zero-order valence-corrected chi connectivity index (χ0v) is 11.8. The number of carbonyl (C=O) groups is 2. The van der Waals surface area contributed by atoms with E-state index in [0.29, 0.717) is 0 Å². The van der Waals surface area contributed by atoms with Gasteiger partial charge in [0.05, 0.1) is 19.1 Å². The Morgan fingerprint density at radius 1 is 1.38 bits per heavy atom. The Morgan fingerprint density at radius 3 is 2.43 bits per heavy atom. The standard InChI is InChI=1S/C13H15NO7/c1-13(11(15)16,12(17)21-3)7-8-6-9(14(18)19)4-5-10(8)20-2/h4-6H,7H2,1-3H3,(H,15,16). The first-order valence-corrected chi connectivity index (χ1v) is 5.89. The smallest absolute Gasteiger partial charge is 0.323 e. The number of benzene rings is 1. The number of carbonyl (C=O) groups excluding carboxylic acids is 1. The molecule has 8 nitrogen and oxygen atoms in total. The van der Waals surface area contributed by atoms with E-state index < -0.39 is 22.3 Å². The number of hydrogen-bond acceptors (Lipinski definition) is 6. The molecule has 21 heavy (non-hydrogen) atoms. The Bertz CT molecular complexity index is 584. The number of hydrogen-bond donors (Lipinski definition) is 1. The van der Waals surface area contributed by atoms with Crippen LogP contribution >= 0.6 is 0 Å². The molecular formula is C13H15NO7. The van der Waals surface area contributed by atoms with E-state index in [2.05, 4.69) is 4.74 Å². The van der Waals surface area contributed by atoms with Crippen LogP contribution in [0.1, 0.15) is 12.5 Å². The van der Waals surface area contributed by atoms with Crippen LogP contribution < -0.4 is 4.74 Å². The summed E-state index contributed by atoms with van der Waals surface area (Å²) in [6.45, 7) is 1.19. The highest BCUT2D eigenvalue weighted by Crippen LogP contribution is 2.32. The molecule has 0 saturated heterocycles. The highest BCUT2D eigenvalue weighted by Gasteiger charge is 2.43. The van der Waals surface area contributed by atoms with Gasteiger partial charge in [-0.25, -0.2) is 0 Å². The molecule has 0 heterocycles. The maximum atomic E-state index is 11.7. The molecule has 0 spiro atoms. The third kappa shape index (κ3) is 3.28. The number of nitro benzene ring substituents is 1. The average molecular weight is 297 g/mol. The highest BCUT2D eigenvalue weighted by molar-refractivity contribution is 5.99. The lowest BCUT2D eigenvalue weighted by molar-refractivity contribution is -0.384. The Labute approximate surface area is 120 Å². The molecule has 0 bridgehead atoms. The lowest BCUT2D eigenvalue weighted by Gasteiger charge is -2.22. The minimum atomic E-state index is -1.86. The molecule has 0 radical (unpaired) electrons. The third-order valence-electron chi connectivity index (χ3n) is 3.13. The summed E-state index contributed by atoms with van der Waals surface area (Å²) >= 11 is 0. The van der Waals surface area contributed by atoms with Crippen LogP contribution in [0.2, 0.25) is 0 Å². The number of non-ortho nitro benzene ring substituents is 1. The van der Waals surface area contributed by atoms with Gasteiger partial charge in [-0.3, -0.25) is 19.7 Å². The van der Waals surface area contributed by atoms with Crippen molar-refractivity contribution in [3.63, 3.8) is 0 Å². The van der Waals surface area contributed by atoms with E-state index in [9.17, 15) is 24.8 Å². The van der Waals surface area contributed by atoms with Crippen LogP contribution in [0.3, 0.4) is 0 Å². The second-order valence-electron chi connectivity index (χ2n) is 4.56. The number of rotatable bonds is 6. The van der Waals surface area contributed by atoms with Crippen molar-refractivity contribution in [3.8, 4) is 5.75 Å². The lowest BCUT2D eigenvalue weighted by Crippen LogP contribution is -2.39. The summed E-state index contributed by atoms with van der Waals surface area (Å²) in [5, 5.41) is 20.1. The first-order chi connectivity index (χ1) is 9.76. The Balaban J connectivity index is 3.31. The third-order valence-corrected chi connectivity index (χ3v) is 3.13. The predicted molar refractivity (Wildman–Crippen MR) is 71.1 cm³/mol. The molecule has 0 amide bonds. The maximum absolute atomic E-state index is 11.7. The second kappa shape index (κ2) is 6.21. The topological polar surface area (TPSA) is 116 Å². The van der Waals surface area contributed by atoms with Crippen LogP contribution in [0.15, 0.2) is 18.2 Å². The normalized spacial score (nSPS) is 13.1. The Kier molecular flexibility index (Phi) is 4.85. The molecule has 1 N–H and O–H groups in total. The number of carboxylic acid groups (broad SMARTS) is 1. The van der Waals surface area contributed by atoms with Gasteiger partial charge in [-0.05, 0) is 13.0 Å². The monoisotopic (exact) mass is 297 g/mol. The van der Waals surface area contributed by atoms with Gasteiger partial charge in [-0.1, -0.05) is 0 Å². The quantitative estimate of drug-likeness (QED) is 0.365. The fourth-order valence-electron chi connectivity index (χ4n) is 1.86. The number of esters is 1. The molecule has 0 aliphatic carbocycles. The molecule has 0 fully saturated rings. The predicted octanol–water partition coefficient (Wildman–Crippen LogP) is 1.41. The van der Waals surface area contributed by atoms with Crippen molar-refractivity contribution in [3.05, 3.63) is 33.9 Å². The van der Waals surface area contributed by atoms with E-state index in [0.717, 1.165) is 7.11 Å². The van der Waals surface area contributed by atoms with E-state index in [1.54, 1.807) is 0 Å². The molecule has 1 unspecified atom stereocenters. The van der Waals surface area contributed by atoms with Crippen LogP contribution in [-0.2, 0) is 20.7 Å². The molecule has 0 aliphatic rings. The molecule has 1 rings (SSSR count). The van der Waals surface area contributed by atoms with E-state index in [1.165, 1.54) is 32.2 Å². The van der Waals surface area contributed by atoms with Crippen molar-refractivity contribution >= 4 is 17.6 Å². The van der Waals surface area contributed by atoms with Crippen molar-refractivity contribution in [1.82, 2.24) is 0 Å². The number of aliphatic carboxylic acids is 1. The Hall–Kier alpha value is -2.64. The summed E-state index contributed by atoms with van der Waals surface area (Å²) in [6, 6.07) is 3.77. The molecule has 0 saturated carbocycles. The number of methoxy groups -OCH3 is 2. The first-order valence-electron chi connectivity index (χ1n) is 5.89. The summed E-state index contributed by atoms with van der Waals surface area (Å²) < 4.78 is 9.56. The molecular weight excluding hydrogens is 282 g/mol. The minimum absolute atomic E-state index is 0.219. The van der Waals surface area contributed by atoms with Crippen molar-refractivity contribution in [2.24, 2.45) is 5.41 Å². The molecule has 8 heteroatoms. The van der Waals surface area contributed by atoms with Crippen molar-refractivity contribution in [2.45, 2.75) is 13.3 Å². The molecule has 0 aliphatic heterocycles. The summed E-state index contributed by atoms with van der Waals surface area (Å²) in [5.74, 6) is -2.07. The van der Waals surface area contributed by atoms with Crippen LogP contribution in [0.25, 0.3) is 0 Å². The van der Waals surface area contributed by atoms with Crippen LogP contribution in [0.5, 0.6) is 5.75 Å². The second-order valence-corrected chi connectivity index (χ2v) is 4.56. The first kappa shape index (κ1) is 16.4. The van der Waals surface area contributed by atoms with Gasteiger partial charge in [-0.2, -0.15) is 0 Å². The molecule has 1 atom stereocenters. The van der Waals surface area contributed by atoms with Gasteiger partial charge in [0, 0.05) is 24.1 Å². The largest absolute Gasteiger partial charge is 0.496 e. The van der Waals surface area contributed by atoms with Gasteiger partial charge in [0.15, 0.2) is 5.41 Å². The van der Waals surface area contributed by atoms with Crippen molar-refractivity contribution < 1.29 is 29.1 Å². The van der Waals surface area contributed by atoms with Crippen molar-refractivity contribution in [2.75, 3.05) is 14.2 Å². The van der Waals surface area contributed by atoms with Crippen LogP contribution in [-0.4, -0.2) is 36.2 Å². The van der Waals surface area contributed by atoms with Crippen LogP contribution in [0, 0.1) is 15.5 Å². The van der Waals surface area contributed by atoms with Crippen molar-refractivity contribution in [1.29, 1.82) is 0 Å². The minimum Gasteiger partial charge on any atom is -0.496 e. The van der Waals surface area contributed by atoms with E-state index in [1.807, 2.05) is 0 Å². The fraction of sp³-hybridized carbons (Fsp3) is 0.385. The number of ether oxygens (including phenoxy) is 2. The summed E-state index contributed by atoms with van der Waals surface area (Å²) in [6.07, 6.45) is -0.292. The van der Waals surface area contributed by atoms with E-state index in [-0.39, 0.29) is 23.4 Å². The summed E-state index contributed by atoms with van der Waals surface area (Å²) in [4.78, 5) is 33.3. The maximum Gasteiger partial charge on any atom is 0.323 e. The Morgan fingerprint density at radius 2 is 2.00 bits per heavy atom. The fourth-order valence-corrected chi connectivity index (χ4v) is 1.86. The van der Waals surface area contributed by atoms with Gasteiger partial charge in [0.25, 0.3) is 5.69 Å². The number of nitro groups is 1. The summed E-state index contributed by atoms with van der Waals surface area (Å²) in [7, 11) is 2.43. The SMILES string of the molecule is COC(=O)C(C)(Cc1cc([N+](=O)[O-])ccc1OC)C(=O)O. The molecule has 0 aromatic heterocycles. The van der Waals surface area contributed by atoms with Gasteiger partial charge in [0.1, 0.15) is 5.75 Å². The van der Waals surface area contributed by atoms with Gasteiger partial charge in [0.2, 0.25) is 0 Å². The molecule has 114 valence electrons.